The average Bonchev–Trinajstić information content (AvgIpc) is 3.30. The standard InChI is InChI=1S/C26H31F9N4O4/c27-24(28,29)18-2-1-17(19(13-18)39-8-5-23(16-39)3-6-36(7-4-23)15-20(40)41)14-37-9-11-38(12-10-37)22(42)43-21(25(30,31)32)26(33,34)35/h1-2,13,21H,3-12,14-16H2,(H,40,41). The van der Waals surface area contributed by atoms with Gasteiger partial charge in [-0.2, -0.15) is 39.5 Å². The van der Waals surface area contributed by atoms with Crippen LogP contribution in [0.5, 0.6) is 0 Å². The molecule has 43 heavy (non-hydrogen) atoms. The molecule has 0 saturated carbocycles. The number of amides is 1. The first kappa shape index (κ1) is 33.0. The van der Waals surface area contributed by atoms with Crippen molar-refractivity contribution >= 4 is 17.7 Å². The van der Waals surface area contributed by atoms with Crippen LogP contribution in [0.25, 0.3) is 0 Å². The molecular weight excluding hydrogens is 603 g/mol. The van der Waals surface area contributed by atoms with E-state index in [2.05, 4.69) is 4.74 Å². The molecule has 3 heterocycles. The van der Waals surface area contributed by atoms with E-state index < -0.39 is 42.3 Å². The molecule has 1 aromatic carbocycles. The van der Waals surface area contributed by atoms with Gasteiger partial charge in [-0.1, -0.05) is 6.07 Å². The summed E-state index contributed by atoms with van der Waals surface area (Å²) in [7, 11) is 0. The maximum atomic E-state index is 13.6. The summed E-state index contributed by atoms with van der Waals surface area (Å²) in [6, 6.07) is 3.39. The van der Waals surface area contributed by atoms with Crippen LogP contribution in [0.1, 0.15) is 30.4 Å². The number of carboxylic acids is 1. The predicted molar refractivity (Wildman–Crippen MR) is 133 cm³/mol. The Bertz CT molecular complexity index is 1140. The molecule has 1 N–H and O–H groups in total. The van der Waals surface area contributed by atoms with Gasteiger partial charge in [-0.3, -0.25) is 14.6 Å². The van der Waals surface area contributed by atoms with Crippen LogP contribution in [-0.2, 0) is 22.3 Å². The van der Waals surface area contributed by atoms with Gasteiger partial charge in [0, 0.05) is 51.5 Å². The average molecular weight is 635 g/mol. The molecule has 0 radical (unpaired) electrons. The molecule has 0 unspecified atom stereocenters. The third-order valence-corrected chi connectivity index (χ3v) is 8.30. The zero-order valence-corrected chi connectivity index (χ0v) is 22.9. The minimum atomic E-state index is -5.83. The number of carbonyl (C=O) groups excluding carboxylic acids is 1. The number of aliphatic carboxylic acids is 1. The maximum Gasteiger partial charge on any atom is 0.434 e. The lowest BCUT2D eigenvalue weighted by Crippen LogP contribution is -2.52. The fourth-order valence-electron chi connectivity index (χ4n) is 5.92. The van der Waals surface area contributed by atoms with Crippen molar-refractivity contribution in [2.45, 2.75) is 50.4 Å². The Kier molecular flexibility index (Phi) is 9.36. The number of piperidine rings is 1. The molecule has 1 amide bonds. The Morgan fingerprint density at radius 2 is 1.42 bits per heavy atom. The molecule has 1 spiro atoms. The zero-order valence-electron chi connectivity index (χ0n) is 22.9. The fourth-order valence-corrected chi connectivity index (χ4v) is 5.92. The van der Waals surface area contributed by atoms with E-state index in [9.17, 15) is 49.1 Å². The van der Waals surface area contributed by atoms with E-state index in [1.54, 1.807) is 4.90 Å². The number of rotatable bonds is 6. The molecule has 0 aromatic heterocycles. The highest BCUT2D eigenvalue weighted by atomic mass is 19.4. The molecule has 8 nitrogen and oxygen atoms in total. The number of halogens is 9. The van der Waals surface area contributed by atoms with E-state index in [1.807, 2.05) is 9.80 Å². The largest absolute Gasteiger partial charge is 0.480 e. The summed E-state index contributed by atoms with van der Waals surface area (Å²) in [6.07, 6.45) is -20.2. The van der Waals surface area contributed by atoms with Crippen LogP contribution in [0, 0.1) is 5.41 Å². The van der Waals surface area contributed by atoms with Crippen molar-refractivity contribution in [1.82, 2.24) is 14.7 Å². The number of hydrogen-bond donors (Lipinski definition) is 1. The molecule has 0 aliphatic carbocycles. The molecule has 4 rings (SSSR count). The number of likely N-dealkylation sites (tertiary alicyclic amines) is 1. The summed E-state index contributed by atoms with van der Waals surface area (Å²) < 4.78 is 121. The summed E-state index contributed by atoms with van der Waals surface area (Å²) in [5.74, 6) is -0.929. The Morgan fingerprint density at radius 1 is 0.837 bits per heavy atom. The highest BCUT2D eigenvalue weighted by Crippen LogP contribution is 2.44. The number of hydrogen-bond acceptors (Lipinski definition) is 6. The number of benzene rings is 1. The monoisotopic (exact) mass is 634 g/mol. The molecule has 3 aliphatic rings. The van der Waals surface area contributed by atoms with E-state index >= 15 is 0 Å². The molecule has 3 fully saturated rings. The second-order valence-electron chi connectivity index (χ2n) is 11.3. The van der Waals surface area contributed by atoms with E-state index in [0.29, 0.717) is 50.3 Å². The molecule has 3 aliphatic heterocycles. The first-order valence-corrected chi connectivity index (χ1v) is 13.6. The quantitative estimate of drug-likeness (QED) is 0.450. The van der Waals surface area contributed by atoms with Gasteiger partial charge in [0.25, 0.3) is 6.10 Å². The number of alkyl halides is 9. The third-order valence-electron chi connectivity index (χ3n) is 8.30. The molecule has 0 bridgehead atoms. The van der Waals surface area contributed by atoms with Crippen LogP contribution < -0.4 is 4.90 Å². The van der Waals surface area contributed by atoms with Crippen LogP contribution in [-0.4, -0.2) is 109 Å². The topological polar surface area (TPSA) is 76.6 Å². The maximum absolute atomic E-state index is 13.6. The normalized spacial score (nSPS) is 20.7. The number of nitrogens with zero attached hydrogens (tertiary/aromatic N) is 4. The summed E-state index contributed by atoms with van der Waals surface area (Å²) in [4.78, 5) is 29.3. The van der Waals surface area contributed by atoms with Gasteiger partial charge in [0.1, 0.15) is 0 Å². The van der Waals surface area contributed by atoms with E-state index in [0.717, 1.165) is 23.5 Å². The number of anilines is 1. The first-order chi connectivity index (χ1) is 19.9. The number of piperazine rings is 1. The van der Waals surface area contributed by atoms with Crippen molar-refractivity contribution in [2.75, 3.05) is 63.8 Å². The fraction of sp³-hybridized carbons (Fsp3) is 0.692. The first-order valence-electron chi connectivity index (χ1n) is 13.6. The van der Waals surface area contributed by atoms with E-state index in [-0.39, 0.29) is 44.7 Å². The smallest absolute Gasteiger partial charge is 0.434 e. The summed E-state index contributed by atoms with van der Waals surface area (Å²) in [5, 5.41) is 9.05. The lowest BCUT2D eigenvalue weighted by Gasteiger charge is -2.39. The van der Waals surface area contributed by atoms with Crippen molar-refractivity contribution in [2.24, 2.45) is 5.41 Å². The summed E-state index contributed by atoms with van der Waals surface area (Å²) in [5.41, 5.74) is -0.0739. The number of carbonyl (C=O) groups is 2. The summed E-state index contributed by atoms with van der Waals surface area (Å²) in [6.45, 7) is 1.78. The minimum Gasteiger partial charge on any atom is -0.480 e. The molecule has 17 heteroatoms. The molecular formula is C26H31F9N4O4. The minimum absolute atomic E-state index is 0.0433. The Balaban J connectivity index is 1.42. The Morgan fingerprint density at radius 3 is 1.95 bits per heavy atom. The van der Waals surface area contributed by atoms with Crippen molar-refractivity contribution in [1.29, 1.82) is 0 Å². The van der Waals surface area contributed by atoms with Gasteiger partial charge < -0.3 is 19.6 Å². The van der Waals surface area contributed by atoms with Crippen molar-refractivity contribution < 1.29 is 58.9 Å². The Labute approximate surface area is 240 Å². The molecule has 242 valence electrons. The SMILES string of the molecule is O=C(O)CN1CCC2(CC1)CCN(c1cc(C(F)(F)F)ccc1CN1CCN(C(=O)OC(C(F)(F)F)C(F)(F)F)CC1)C2. The molecule has 3 saturated heterocycles. The van der Waals surface area contributed by atoms with Crippen LogP contribution in [0.3, 0.4) is 0 Å². The van der Waals surface area contributed by atoms with Crippen molar-refractivity contribution in [3.05, 3.63) is 29.3 Å². The van der Waals surface area contributed by atoms with Gasteiger partial charge in [-0.15, -0.1) is 0 Å². The van der Waals surface area contributed by atoms with Crippen LogP contribution in [0.15, 0.2) is 18.2 Å². The zero-order chi connectivity index (χ0) is 31.8. The van der Waals surface area contributed by atoms with Crippen molar-refractivity contribution in [3.8, 4) is 0 Å². The van der Waals surface area contributed by atoms with E-state index in [1.165, 1.54) is 6.07 Å². The van der Waals surface area contributed by atoms with Crippen LogP contribution in [0.2, 0.25) is 0 Å². The highest BCUT2D eigenvalue weighted by molar-refractivity contribution is 5.69. The predicted octanol–water partition coefficient (Wildman–Crippen LogP) is 4.83. The van der Waals surface area contributed by atoms with Crippen molar-refractivity contribution in [3.63, 3.8) is 0 Å². The van der Waals surface area contributed by atoms with Gasteiger partial charge >= 0.3 is 30.6 Å². The second-order valence-corrected chi connectivity index (χ2v) is 11.3. The van der Waals surface area contributed by atoms with Gasteiger partial charge in [0.05, 0.1) is 12.1 Å². The van der Waals surface area contributed by atoms with Crippen LogP contribution >= 0.6 is 0 Å². The molecule has 0 atom stereocenters. The lowest BCUT2D eigenvalue weighted by molar-refractivity contribution is -0.308. The lowest BCUT2D eigenvalue weighted by atomic mass is 9.78. The van der Waals surface area contributed by atoms with Gasteiger partial charge in [0.2, 0.25) is 0 Å². The number of carboxylic acid groups (broad SMARTS) is 1. The van der Waals surface area contributed by atoms with Gasteiger partial charge in [0.15, 0.2) is 0 Å². The van der Waals surface area contributed by atoms with E-state index in [4.69, 9.17) is 5.11 Å². The second kappa shape index (κ2) is 12.2. The number of ether oxygens (including phenoxy) is 1. The van der Waals surface area contributed by atoms with Crippen LogP contribution in [0.4, 0.5) is 50.0 Å². The van der Waals surface area contributed by atoms with Gasteiger partial charge in [-0.25, -0.2) is 4.79 Å². The summed E-state index contributed by atoms with van der Waals surface area (Å²) >= 11 is 0. The third kappa shape index (κ3) is 8.16. The Hall–Kier alpha value is -2.95. The molecule has 1 aromatic rings. The van der Waals surface area contributed by atoms with Gasteiger partial charge in [-0.05, 0) is 55.5 Å². The highest BCUT2D eigenvalue weighted by Gasteiger charge is 2.60.